The Balaban J connectivity index is 1.50. The summed E-state index contributed by atoms with van der Waals surface area (Å²) in [5.74, 6) is 0.604. The second-order valence-corrected chi connectivity index (χ2v) is 8.04. The molecule has 4 aromatic rings. The van der Waals surface area contributed by atoms with E-state index in [0.717, 1.165) is 17.8 Å². The number of imidazole rings is 1. The summed E-state index contributed by atoms with van der Waals surface area (Å²) in [6.07, 6.45) is -1.47. The van der Waals surface area contributed by atoms with Crippen LogP contribution in [0.25, 0.3) is 16.9 Å². The first-order valence-corrected chi connectivity index (χ1v) is 10.5. The van der Waals surface area contributed by atoms with Crippen molar-refractivity contribution in [2.75, 3.05) is 37.1 Å². The van der Waals surface area contributed by atoms with E-state index in [-0.39, 0.29) is 5.69 Å². The Morgan fingerprint density at radius 3 is 2.37 bits per heavy atom. The molecule has 0 spiro atoms. The molecule has 0 bridgehead atoms. The molecular weight excluding hydrogens is 461 g/mol. The van der Waals surface area contributed by atoms with E-state index in [9.17, 15) is 18.0 Å². The van der Waals surface area contributed by atoms with E-state index in [4.69, 9.17) is 0 Å². The second kappa shape index (κ2) is 9.58. The predicted octanol–water partition coefficient (Wildman–Crippen LogP) is 4.58. The SMILES string of the molecule is CNc1ncnc2c1ncn2-c1ccc(NC(=O)Nc2cc(CN(C)C)cc(C(F)(F)F)c2)cc1. The molecule has 0 unspecified atom stereocenters. The largest absolute Gasteiger partial charge is 0.416 e. The van der Waals surface area contributed by atoms with E-state index in [1.165, 1.54) is 12.4 Å². The fourth-order valence-corrected chi connectivity index (χ4v) is 3.59. The monoisotopic (exact) mass is 484 g/mol. The van der Waals surface area contributed by atoms with Gasteiger partial charge < -0.3 is 20.9 Å². The van der Waals surface area contributed by atoms with Crippen LogP contribution in [0.3, 0.4) is 0 Å². The highest BCUT2D eigenvalue weighted by atomic mass is 19.4. The van der Waals surface area contributed by atoms with E-state index in [0.29, 0.717) is 34.8 Å². The van der Waals surface area contributed by atoms with E-state index in [1.54, 1.807) is 61.2 Å². The average molecular weight is 484 g/mol. The van der Waals surface area contributed by atoms with Gasteiger partial charge in [-0.3, -0.25) is 4.57 Å². The number of carbonyl (C=O) groups excluding carboxylic acids is 1. The number of anilines is 3. The Hall–Kier alpha value is -4.19. The lowest BCUT2D eigenvalue weighted by Crippen LogP contribution is -2.20. The van der Waals surface area contributed by atoms with Gasteiger partial charge >= 0.3 is 12.2 Å². The highest BCUT2D eigenvalue weighted by Crippen LogP contribution is 2.32. The summed E-state index contributed by atoms with van der Waals surface area (Å²) in [6.45, 7) is 0.297. The van der Waals surface area contributed by atoms with Gasteiger partial charge in [0.05, 0.1) is 5.56 Å². The molecule has 2 heterocycles. The number of aromatic nitrogens is 4. The fraction of sp³-hybridized carbons (Fsp3) is 0.217. The molecular formula is C23H23F3N8O. The Bertz CT molecular complexity index is 1350. The molecule has 0 saturated carbocycles. The van der Waals surface area contributed by atoms with Crippen LogP contribution < -0.4 is 16.0 Å². The summed E-state index contributed by atoms with van der Waals surface area (Å²) in [5, 5.41) is 8.09. The molecule has 0 radical (unpaired) electrons. The van der Waals surface area contributed by atoms with Crippen LogP contribution in [0.4, 0.5) is 35.2 Å². The van der Waals surface area contributed by atoms with Crippen molar-refractivity contribution in [3.63, 3.8) is 0 Å². The van der Waals surface area contributed by atoms with Gasteiger partial charge in [0.15, 0.2) is 17.0 Å². The van der Waals surface area contributed by atoms with Gasteiger partial charge in [-0.1, -0.05) is 0 Å². The minimum atomic E-state index is -4.53. The van der Waals surface area contributed by atoms with Gasteiger partial charge in [0, 0.05) is 30.7 Å². The van der Waals surface area contributed by atoms with Crippen LogP contribution in [0.15, 0.2) is 55.1 Å². The van der Waals surface area contributed by atoms with Crippen molar-refractivity contribution in [1.29, 1.82) is 0 Å². The average Bonchev–Trinajstić information content (AvgIpc) is 3.22. The lowest BCUT2D eigenvalue weighted by Gasteiger charge is -2.16. The normalized spacial score (nSPS) is 11.6. The van der Waals surface area contributed by atoms with Crippen molar-refractivity contribution >= 4 is 34.4 Å². The Labute approximate surface area is 199 Å². The first kappa shape index (κ1) is 24.0. The molecule has 2 amide bonds. The quantitative estimate of drug-likeness (QED) is 0.371. The first-order valence-electron chi connectivity index (χ1n) is 10.5. The molecule has 2 aromatic carbocycles. The highest BCUT2D eigenvalue weighted by molar-refractivity contribution is 6.00. The molecule has 0 aliphatic carbocycles. The van der Waals surface area contributed by atoms with Gasteiger partial charge in [0.2, 0.25) is 0 Å². The maximum atomic E-state index is 13.3. The molecule has 0 saturated heterocycles. The number of benzene rings is 2. The lowest BCUT2D eigenvalue weighted by atomic mass is 10.1. The van der Waals surface area contributed by atoms with E-state index < -0.39 is 17.8 Å². The molecule has 0 aliphatic rings. The highest BCUT2D eigenvalue weighted by Gasteiger charge is 2.31. The van der Waals surface area contributed by atoms with E-state index >= 15 is 0 Å². The number of carbonyl (C=O) groups is 1. The van der Waals surface area contributed by atoms with Crippen LogP contribution in [0.5, 0.6) is 0 Å². The topological polar surface area (TPSA) is 100 Å². The van der Waals surface area contributed by atoms with E-state index in [1.807, 2.05) is 0 Å². The Morgan fingerprint density at radius 1 is 1.00 bits per heavy atom. The summed E-state index contributed by atoms with van der Waals surface area (Å²) in [6, 6.07) is 9.71. The van der Waals surface area contributed by atoms with Crippen molar-refractivity contribution in [3.05, 3.63) is 66.2 Å². The molecule has 2 aromatic heterocycles. The third-order valence-electron chi connectivity index (χ3n) is 5.05. The fourth-order valence-electron chi connectivity index (χ4n) is 3.59. The van der Waals surface area contributed by atoms with Crippen molar-refractivity contribution < 1.29 is 18.0 Å². The van der Waals surface area contributed by atoms with Gasteiger partial charge in [-0.2, -0.15) is 13.2 Å². The molecule has 4 rings (SSSR count). The number of nitrogens with one attached hydrogen (secondary N) is 3. The number of hydrogen-bond donors (Lipinski definition) is 3. The summed E-state index contributed by atoms with van der Waals surface area (Å²) in [7, 11) is 5.25. The molecule has 3 N–H and O–H groups in total. The molecule has 0 atom stereocenters. The third-order valence-corrected chi connectivity index (χ3v) is 5.05. The van der Waals surface area contributed by atoms with Gasteiger partial charge in [-0.15, -0.1) is 0 Å². The second-order valence-electron chi connectivity index (χ2n) is 8.04. The number of halogens is 3. The predicted molar refractivity (Wildman–Crippen MR) is 128 cm³/mol. The van der Waals surface area contributed by atoms with Gasteiger partial charge in [0.25, 0.3) is 0 Å². The Morgan fingerprint density at radius 2 is 1.71 bits per heavy atom. The van der Waals surface area contributed by atoms with Crippen molar-refractivity contribution in [3.8, 4) is 5.69 Å². The molecule has 0 aliphatic heterocycles. The van der Waals surface area contributed by atoms with Gasteiger partial charge in [0.1, 0.15) is 12.7 Å². The van der Waals surface area contributed by atoms with Crippen molar-refractivity contribution in [2.24, 2.45) is 0 Å². The van der Waals surface area contributed by atoms with E-state index in [2.05, 4.69) is 30.9 Å². The smallest absolute Gasteiger partial charge is 0.371 e. The molecule has 35 heavy (non-hydrogen) atoms. The number of hydrogen-bond acceptors (Lipinski definition) is 6. The van der Waals surface area contributed by atoms with Crippen LogP contribution in [-0.4, -0.2) is 51.6 Å². The van der Waals surface area contributed by atoms with Crippen LogP contribution in [0.1, 0.15) is 11.1 Å². The number of amides is 2. The maximum absolute atomic E-state index is 13.3. The van der Waals surface area contributed by atoms with Crippen LogP contribution in [-0.2, 0) is 12.7 Å². The number of fused-ring (bicyclic) bond motifs is 1. The van der Waals surface area contributed by atoms with Crippen LogP contribution in [0.2, 0.25) is 0 Å². The summed E-state index contributed by atoms with van der Waals surface area (Å²) in [4.78, 5) is 27.0. The zero-order valence-electron chi connectivity index (χ0n) is 19.2. The van der Waals surface area contributed by atoms with Crippen LogP contribution >= 0.6 is 0 Å². The molecule has 0 fully saturated rings. The maximum Gasteiger partial charge on any atom is 0.416 e. The minimum Gasteiger partial charge on any atom is -0.371 e. The zero-order valence-corrected chi connectivity index (χ0v) is 19.2. The van der Waals surface area contributed by atoms with Crippen LogP contribution in [0, 0.1) is 0 Å². The standard InChI is InChI=1S/C23H23F3N8O/c1-27-20-19-21(29-12-28-20)34(13-30-19)18-6-4-16(5-7-18)31-22(35)32-17-9-14(11-33(2)3)8-15(10-17)23(24,25)26/h4-10,12-13H,11H2,1-3H3,(H,27,28,29)(H2,31,32,35). The minimum absolute atomic E-state index is 0.0516. The summed E-state index contributed by atoms with van der Waals surface area (Å²) >= 11 is 0. The zero-order chi connectivity index (χ0) is 25.2. The third kappa shape index (κ3) is 5.49. The van der Waals surface area contributed by atoms with Crippen molar-refractivity contribution in [2.45, 2.75) is 12.7 Å². The molecule has 9 nitrogen and oxygen atoms in total. The number of alkyl halides is 3. The van der Waals surface area contributed by atoms with Gasteiger partial charge in [-0.25, -0.2) is 19.7 Å². The number of urea groups is 1. The first-order chi connectivity index (χ1) is 16.6. The summed E-state index contributed by atoms with van der Waals surface area (Å²) in [5.41, 5.74) is 2.10. The van der Waals surface area contributed by atoms with Crippen molar-refractivity contribution in [1.82, 2.24) is 24.4 Å². The summed E-state index contributed by atoms with van der Waals surface area (Å²) < 4.78 is 41.7. The number of nitrogens with zero attached hydrogens (tertiary/aromatic N) is 5. The Kier molecular flexibility index (Phi) is 6.56. The molecule has 182 valence electrons. The van der Waals surface area contributed by atoms with Gasteiger partial charge in [-0.05, 0) is 62.1 Å². The lowest BCUT2D eigenvalue weighted by molar-refractivity contribution is -0.137. The number of rotatable bonds is 6. The molecule has 12 heteroatoms.